The molecule has 0 unspecified atom stereocenters. The molecule has 0 N–H and O–H groups in total. The Morgan fingerprint density at radius 1 is 1.14 bits per heavy atom. The van der Waals surface area contributed by atoms with Gasteiger partial charge in [-0.15, -0.1) is 10.2 Å². The monoisotopic (exact) mass is 488 g/mol. The van der Waals surface area contributed by atoms with Gasteiger partial charge in [-0.1, -0.05) is 11.6 Å². The number of nitriles is 1. The molecule has 0 amide bonds. The highest BCUT2D eigenvalue weighted by Crippen LogP contribution is 2.56. The first-order valence-electron chi connectivity index (χ1n) is 12.1. The van der Waals surface area contributed by atoms with Crippen molar-refractivity contribution in [2.45, 2.75) is 44.3 Å². The van der Waals surface area contributed by atoms with Crippen molar-refractivity contribution in [3.05, 3.63) is 58.4 Å². The van der Waals surface area contributed by atoms with E-state index in [1.807, 2.05) is 6.07 Å². The summed E-state index contributed by atoms with van der Waals surface area (Å²) in [6.07, 6.45) is 4.84. The maximum atomic E-state index is 9.12. The predicted molar refractivity (Wildman–Crippen MR) is 128 cm³/mol. The molecule has 2 saturated heterocycles. The minimum absolute atomic E-state index is 0.268. The average molecular weight is 489 g/mol. The molecule has 2 aromatic heterocycles. The van der Waals surface area contributed by atoms with Gasteiger partial charge in [0.1, 0.15) is 17.6 Å². The van der Waals surface area contributed by atoms with Crippen LogP contribution >= 0.6 is 11.6 Å². The molecule has 3 aromatic rings. The second kappa shape index (κ2) is 7.98. The van der Waals surface area contributed by atoms with Gasteiger partial charge in [0.05, 0.1) is 18.8 Å². The summed E-state index contributed by atoms with van der Waals surface area (Å²) in [7, 11) is 0. The molecule has 7 rings (SSSR count). The van der Waals surface area contributed by atoms with Gasteiger partial charge in [-0.3, -0.25) is 9.47 Å². The van der Waals surface area contributed by atoms with E-state index in [-0.39, 0.29) is 5.41 Å². The molecule has 1 spiro atoms. The second-order valence-corrected chi connectivity index (χ2v) is 10.8. The van der Waals surface area contributed by atoms with E-state index in [1.54, 1.807) is 12.3 Å². The normalized spacial score (nSPS) is 23.2. The third kappa shape index (κ3) is 3.51. The van der Waals surface area contributed by atoms with Crippen molar-refractivity contribution in [2.24, 2.45) is 5.41 Å². The predicted octanol–water partition coefficient (Wildman–Crippen LogP) is 3.07. The lowest BCUT2D eigenvalue weighted by Gasteiger charge is -2.58. The van der Waals surface area contributed by atoms with Crippen molar-refractivity contribution in [1.29, 1.82) is 5.26 Å². The van der Waals surface area contributed by atoms with Crippen LogP contribution in [-0.4, -0.2) is 62.0 Å². The number of ether oxygens (including phenoxy) is 1. The maximum absolute atomic E-state index is 9.12. The summed E-state index contributed by atoms with van der Waals surface area (Å²) < 4.78 is 7.96. The van der Waals surface area contributed by atoms with Crippen LogP contribution in [0.1, 0.15) is 48.1 Å². The van der Waals surface area contributed by atoms with Gasteiger partial charge in [-0.25, -0.2) is 9.97 Å². The molecule has 0 radical (unpaired) electrons. The SMILES string of the molecule is N#Cc1ccnc(N2CC3(CC(c4nnc5n4-c4ccc(Cl)cc4CN([C@@H]4CCOC4)C5)C3)C2)n1. The highest BCUT2D eigenvalue weighted by molar-refractivity contribution is 6.30. The Bertz CT molecular complexity index is 1330. The van der Waals surface area contributed by atoms with Gasteiger partial charge in [0.2, 0.25) is 5.95 Å². The number of fused-ring (bicyclic) bond motifs is 3. The summed E-state index contributed by atoms with van der Waals surface area (Å²) in [5.74, 6) is 3.07. The number of benzene rings is 1. The lowest BCUT2D eigenvalue weighted by molar-refractivity contribution is 0.0574. The summed E-state index contributed by atoms with van der Waals surface area (Å²) in [5.41, 5.74) is 3.03. The van der Waals surface area contributed by atoms with Crippen molar-refractivity contribution in [3.63, 3.8) is 0 Å². The van der Waals surface area contributed by atoms with Crippen LogP contribution in [0.15, 0.2) is 30.5 Å². The number of rotatable bonds is 3. The van der Waals surface area contributed by atoms with E-state index in [4.69, 9.17) is 26.7 Å². The fourth-order valence-corrected chi connectivity index (χ4v) is 6.47. The fraction of sp³-hybridized carbons (Fsp3) is 0.480. The molecule has 35 heavy (non-hydrogen) atoms. The fourth-order valence-electron chi connectivity index (χ4n) is 6.28. The summed E-state index contributed by atoms with van der Waals surface area (Å²) >= 11 is 6.41. The number of aromatic nitrogens is 5. The zero-order valence-corrected chi connectivity index (χ0v) is 20.0. The van der Waals surface area contributed by atoms with E-state index in [9.17, 15) is 0 Å². The maximum Gasteiger partial charge on any atom is 0.226 e. The van der Waals surface area contributed by atoms with Crippen molar-refractivity contribution in [2.75, 3.05) is 31.2 Å². The van der Waals surface area contributed by atoms with Crippen LogP contribution < -0.4 is 4.90 Å². The third-order valence-electron chi connectivity index (χ3n) is 7.99. The second-order valence-electron chi connectivity index (χ2n) is 10.3. The molecular formula is C25H25ClN8O. The summed E-state index contributed by atoms with van der Waals surface area (Å²) in [6, 6.07) is 10.3. The lowest BCUT2D eigenvalue weighted by atomic mass is 9.57. The Labute approximate surface area is 208 Å². The van der Waals surface area contributed by atoms with Crippen LogP contribution in [-0.2, 0) is 17.8 Å². The minimum atomic E-state index is 0.268. The molecule has 3 fully saturated rings. The quantitative estimate of drug-likeness (QED) is 0.555. The van der Waals surface area contributed by atoms with E-state index in [2.05, 4.69) is 47.6 Å². The van der Waals surface area contributed by atoms with Crippen LogP contribution in [0.4, 0.5) is 5.95 Å². The molecule has 1 saturated carbocycles. The van der Waals surface area contributed by atoms with E-state index in [0.29, 0.717) is 23.6 Å². The highest BCUT2D eigenvalue weighted by Gasteiger charge is 2.54. The topological polar surface area (TPSA) is 96.0 Å². The third-order valence-corrected chi connectivity index (χ3v) is 8.23. The number of nitrogens with zero attached hydrogens (tertiary/aromatic N) is 8. The first kappa shape index (κ1) is 21.2. The van der Waals surface area contributed by atoms with Crippen LogP contribution in [0.25, 0.3) is 5.69 Å². The Balaban J connectivity index is 1.13. The average Bonchev–Trinajstić information content (AvgIpc) is 3.45. The number of hydrogen-bond acceptors (Lipinski definition) is 8. The molecule has 1 atom stereocenters. The zero-order chi connectivity index (χ0) is 23.6. The smallest absolute Gasteiger partial charge is 0.226 e. The van der Waals surface area contributed by atoms with E-state index in [0.717, 1.165) is 81.0 Å². The molecule has 1 aromatic carbocycles. The van der Waals surface area contributed by atoms with Crippen LogP contribution in [0.2, 0.25) is 5.02 Å². The van der Waals surface area contributed by atoms with Crippen molar-refractivity contribution in [3.8, 4) is 11.8 Å². The highest BCUT2D eigenvalue weighted by atomic mass is 35.5. The van der Waals surface area contributed by atoms with Crippen LogP contribution in [0.5, 0.6) is 0 Å². The largest absolute Gasteiger partial charge is 0.380 e. The number of halogens is 1. The van der Waals surface area contributed by atoms with E-state index in [1.165, 1.54) is 5.56 Å². The van der Waals surface area contributed by atoms with Crippen molar-refractivity contribution >= 4 is 17.5 Å². The Morgan fingerprint density at radius 3 is 2.83 bits per heavy atom. The molecular weight excluding hydrogens is 464 g/mol. The Hall–Kier alpha value is -3.06. The van der Waals surface area contributed by atoms with Crippen molar-refractivity contribution in [1.82, 2.24) is 29.6 Å². The van der Waals surface area contributed by atoms with Gasteiger partial charge < -0.3 is 9.64 Å². The molecule has 178 valence electrons. The van der Waals surface area contributed by atoms with Gasteiger partial charge in [-0.2, -0.15) is 5.26 Å². The molecule has 10 heteroatoms. The van der Waals surface area contributed by atoms with Crippen molar-refractivity contribution < 1.29 is 4.74 Å². The van der Waals surface area contributed by atoms with E-state index < -0.39 is 0 Å². The molecule has 0 bridgehead atoms. The summed E-state index contributed by atoms with van der Waals surface area (Å²) in [4.78, 5) is 13.3. The molecule has 9 nitrogen and oxygen atoms in total. The minimum Gasteiger partial charge on any atom is -0.380 e. The standard InChI is InChI=1S/C25H25ClN8O/c26-18-1-2-21-16(7-18)11-32(20-4-6-35-13-20)12-22-30-31-23(34(21)22)17-8-25(9-17)14-33(15-25)24-28-5-3-19(10-27)29-24/h1-3,5,7,17,20H,4,6,8-9,11-15H2/t20-/m1/s1. The van der Waals surface area contributed by atoms with Crippen LogP contribution in [0.3, 0.4) is 0 Å². The van der Waals surface area contributed by atoms with Crippen LogP contribution in [0, 0.1) is 16.7 Å². The summed E-state index contributed by atoms with van der Waals surface area (Å²) in [5, 5.41) is 19.3. The van der Waals surface area contributed by atoms with Gasteiger partial charge in [-0.05, 0) is 49.1 Å². The van der Waals surface area contributed by atoms with E-state index >= 15 is 0 Å². The Morgan fingerprint density at radius 2 is 2.03 bits per heavy atom. The molecule has 5 heterocycles. The first-order valence-corrected chi connectivity index (χ1v) is 12.5. The van der Waals surface area contributed by atoms with Gasteiger partial charge >= 0.3 is 0 Å². The molecule has 1 aliphatic carbocycles. The molecule has 3 aliphatic heterocycles. The first-order chi connectivity index (χ1) is 17.1. The number of hydrogen-bond donors (Lipinski definition) is 0. The Kier molecular flexibility index (Phi) is 4.85. The van der Waals surface area contributed by atoms with Gasteiger partial charge in [0.15, 0.2) is 5.82 Å². The summed E-state index contributed by atoms with van der Waals surface area (Å²) in [6.45, 7) is 5.00. The molecule has 4 aliphatic rings. The zero-order valence-electron chi connectivity index (χ0n) is 19.3. The van der Waals surface area contributed by atoms with Gasteiger partial charge in [0.25, 0.3) is 0 Å². The van der Waals surface area contributed by atoms with Gasteiger partial charge in [0, 0.05) is 54.8 Å². The lowest BCUT2D eigenvalue weighted by Crippen LogP contribution is -2.62. The number of anilines is 1.